The molecule has 4 aromatic rings. The number of phenols is 1. The van der Waals surface area contributed by atoms with Gasteiger partial charge in [-0.2, -0.15) is 0 Å². The minimum atomic E-state index is -0.587. The highest BCUT2D eigenvalue weighted by molar-refractivity contribution is 7.80. The fourth-order valence-electron chi connectivity index (χ4n) is 3.18. The molecule has 0 saturated heterocycles. The molecule has 0 aliphatic heterocycles. The third-order valence-corrected chi connectivity index (χ3v) is 4.96. The van der Waals surface area contributed by atoms with Crippen molar-refractivity contribution < 1.29 is 19.2 Å². The van der Waals surface area contributed by atoms with Crippen LogP contribution in [0.2, 0.25) is 0 Å². The van der Waals surface area contributed by atoms with Crippen LogP contribution in [0.25, 0.3) is 22.6 Å². The summed E-state index contributed by atoms with van der Waals surface area (Å²) in [4.78, 5) is 27.4. The van der Waals surface area contributed by atoms with Crippen LogP contribution >= 0.6 is 12.2 Å². The smallest absolute Gasteiger partial charge is 0.273 e. The van der Waals surface area contributed by atoms with Crippen molar-refractivity contribution in [3.8, 4) is 17.2 Å². The summed E-state index contributed by atoms with van der Waals surface area (Å²) in [6, 6.07) is 16.1. The molecule has 10 heteroatoms. The molecule has 4 rings (SSSR count). The van der Waals surface area contributed by atoms with E-state index >= 15 is 0 Å². The van der Waals surface area contributed by atoms with Crippen molar-refractivity contribution in [2.24, 2.45) is 0 Å². The van der Waals surface area contributed by atoms with Crippen LogP contribution < -0.4 is 10.6 Å². The Morgan fingerprint density at radius 1 is 1.16 bits per heavy atom. The number of phenolic OH excluding ortho intramolecular Hbond substituents is 1. The summed E-state index contributed by atoms with van der Waals surface area (Å²) in [7, 11) is 0. The number of anilines is 1. The topological polar surface area (TPSA) is 131 Å². The number of nitrogens with one attached hydrogen (secondary N) is 2. The van der Waals surface area contributed by atoms with Gasteiger partial charge in [0.25, 0.3) is 11.6 Å². The number of aromatic hydroxyl groups is 1. The lowest BCUT2D eigenvalue weighted by molar-refractivity contribution is -0.385. The van der Waals surface area contributed by atoms with Crippen LogP contribution in [0.4, 0.5) is 11.4 Å². The van der Waals surface area contributed by atoms with E-state index in [9.17, 15) is 20.0 Å². The Kier molecular flexibility index (Phi) is 5.52. The summed E-state index contributed by atoms with van der Waals surface area (Å²) >= 11 is 5.16. The summed E-state index contributed by atoms with van der Waals surface area (Å²) in [5.74, 6) is -0.409. The lowest BCUT2D eigenvalue weighted by Gasteiger charge is -2.12. The van der Waals surface area contributed by atoms with Crippen LogP contribution in [-0.2, 0) is 0 Å². The Labute approximate surface area is 186 Å². The van der Waals surface area contributed by atoms with Gasteiger partial charge in [0.15, 0.2) is 10.7 Å². The summed E-state index contributed by atoms with van der Waals surface area (Å²) in [6.45, 7) is 1.49. The molecule has 0 radical (unpaired) electrons. The van der Waals surface area contributed by atoms with Crippen molar-refractivity contribution in [3.63, 3.8) is 0 Å². The van der Waals surface area contributed by atoms with Gasteiger partial charge in [-0.05, 0) is 49.5 Å². The third-order valence-electron chi connectivity index (χ3n) is 4.75. The Morgan fingerprint density at radius 3 is 2.66 bits per heavy atom. The fraction of sp³-hybridized carbons (Fsp3) is 0.0455. The maximum absolute atomic E-state index is 12.5. The molecule has 0 aliphatic carbocycles. The zero-order chi connectivity index (χ0) is 22.8. The van der Waals surface area contributed by atoms with Gasteiger partial charge >= 0.3 is 0 Å². The molecule has 1 aromatic heterocycles. The predicted octanol–water partition coefficient (Wildman–Crippen LogP) is 4.54. The van der Waals surface area contributed by atoms with Gasteiger partial charge in [-0.1, -0.05) is 18.2 Å². The first-order valence-electron chi connectivity index (χ1n) is 9.39. The lowest BCUT2D eigenvalue weighted by Crippen LogP contribution is -2.34. The maximum atomic E-state index is 12.5. The minimum absolute atomic E-state index is 0.0325. The van der Waals surface area contributed by atoms with E-state index in [0.717, 1.165) is 0 Å². The first-order chi connectivity index (χ1) is 15.3. The molecule has 0 aliphatic rings. The average Bonchev–Trinajstić information content (AvgIpc) is 3.17. The van der Waals surface area contributed by atoms with E-state index in [1.165, 1.54) is 31.2 Å². The minimum Gasteiger partial charge on any atom is -0.507 e. The summed E-state index contributed by atoms with van der Waals surface area (Å²) in [5.41, 5.74) is 2.30. The average molecular weight is 448 g/mol. The SMILES string of the molecule is Cc1c(C(=O)NC(=S)Nc2ccc(-c3nc4ccccc4o3)c(O)c2)cccc1[N+](=O)[O-]. The number of carbonyl (C=O) groups is 1. The highest BCUT2D eigenvalue weighted by atomic mass is 32.1. The molecular weight excluding hydrogens is 432 g/mol. The number of hydrogen-bond acceptors (Lipinski definition) is 7. The van der Waals surface area contributed by atoms with Crippen LogP contribution in [0.1, 0.15) is 15.9 Å². The van der Waals surface area contributed by atoms with Gasteiger partial charge in [0.2, 0.25) is 5.89 Å². The monoisotopic (exact) mass is 448 g/mol. The second-order valence-electron chi connectivity index (χ2n) is 6.83. The molecule has 3 N–H and O–H groups in total. The second-order valence-corrected chi connectivity index (χ2v) is 7.24. The van der Waals surface area contributed by atoms with E-state index in [0.29, 0.717) is 22.4 Å². The zero-order valence-electron chi connectivity index (χ0n) is 16.7. The number of nitrogens with zero attached hydrogens (tertiary/aromatic N) is 2. The number of aromatic nitrogens is 1. The van der Waals surface area contributed by atoms with Gasteiger partial charge in [-0.15, -0.1) is 0 Å². The van der Waals surface area contributed by atoms with Crippen LogP contribution in [0, 0.1) is 17.0 Å². The zero-order valence-corrected chi connectivity index (χ0v) is 17.5. The predicted molar refractivity (Wildman–Crippen MR) is 123 cm³/mol. The first kappa shape index (κ1) is 20.9. The van der Waals surface area contributed by atoms with E-state index < -0.39 is 10.8 Å². The van der Waals surface area contributed by atoms with Crippen molar-refractivity contribution >= 4 is 45.7 Å². The molecule has 0 spiro atoms. The Balaban J connectivity index is 1.48. The molecule has 0 unspecified atom stereocenters. The largest absolute Gasteiger partial charge is 0.507 e. The van der Waals surface area contributed by atoms with Gasteiger partial charge in [-0.3, -0.25) is 20.2 Å². The van der Waals surface area contributed by atoms with Crippen molar-refractivity contribution in [1.29, 1.82) is 0 Å². The number of oxazole rings is 1. The van der Waals surface area contributed by atoms with E-state index in [1.807, 2.05) is 12.1 Å². The number of hydrogen-bond donors (Lipinski definition) is 3. The molecule has 0 bridgehead atoms. The number of para-hydroxylation sites is 2. The summed E-state index contributed by atoms with van der Waals surface area (Å²) in [6.07, 6.45) is 0. The van der Waals surface area contributed by atoms with E-state index in [1.54, 1.807) is 24.3 Å². The molecule has 160 valence electrons. The van der Waals surface area contributed by atoms with Gasteiger partial charge in [-0.25, -0.2) is 4.98 Å². The molecule has 0 fully saturated rings. The molecule has 9 nitrogen and oxygen atoms in total. The standard InChI is InChI=1S/C22H16N4O5S/c1-12-14(5-4-7-17(12)26(29)30)20(28)25-22(32)23-13-9-10-15(18(27)11-13)21-24-16-6-2-3-8-19(16)31-21/h2-11,27H,1H3,(H2,23,25,28,32). The molecule has 1 amide bonds. The molecule has 32 heavy (non-hydrogen) atoms. The van der Waals surface area contributed by atoms with Crippen LogP contribution in [0.5, 0.6) is 5.75 Å². The number of nitro groups is 1. The molecule has 0 atom stereocenters. The molecular formula is C22H16N4O5S. The molecule has 3 aromatic carbocycles. The number of rotatable bonds is 4. The first-order valence-corrected chi connectivity index (χ1v) is 9.79. The Hall–Kier alpha value is -4.31. The second kappa shape index (κ2) is 8.44. The van der Waals surface area contributed by atoms with Gasteiger partial charge in [0, 0.05) is 28.9 Å². The maximum Gasteiger partial charge on any atom is 0.273 e. The van der Waals surface area contributed by atoms with Crippen molar-refractivity contribution in [2.45, 2.75) is 6.92 Å². The number of carbonyl (C=O) groups excluding carboxylic acids is 1. The quantitative estimate of drug-likeness (QED) is 0.236. The molecule has 0 saturated carbocycles. The van der Waals surface area contributed by atoms with Crippen molar-refractivity contribution in [2.75, 3.05) is 5.32 Å². The summed E-state index contributed by atoms with van der Waals surface area (Å²) in [5, 5.41) is 26.7. The van der Waals surface area contributed by atoms with Crippen LogP contribution in [0.3, 0.4) is 0 Å². The number of benzene rings is 3. The normalized spacial score (nSPS) is 10.7. The van der Waals surface area contributed by atoms with Gasteiger partial charge in [0.05, 0.1) is 10.5 Å². The van der Waals surface area contributed by atoms with E-state index in [-0.39, 0.29) is 33.6 Å². The molecule has 1 heterocycles. The summed E-state index contributed by atoms with van der Waals surface area (Å²) < 4.78 is 5.67. The van der Waals surface area contributed by atoms with Crippen LogP contribution in [0.15, 0.2) is 65.1 Å². The van der Waals surface area contributed by atoms with Crippen molar-refractivity contribution in [1.82, 2.24) is 10.3 Å². The number of amides is 1. The van der Waals surface area contributed by atoms with Crippen LogP contribution in [-0.4, -0.2) is 26.0 Å². The van der Waals surface area contributed by atoms with E-state index in [2.05, 4.69) is 15.6 Å². The van der Waals surface area contributed by atoms with Gasteiger partial charge < -0.3 is 14.8 Å². The van der Waals surface area contributed by atoms with Gasteiger partial charge in [0.1, 0.15) is 11.3 Å². The highest BCUT2D eigenvalue weighted by Gasteiger charge is 2.19. The van der Waals surface area contributed by atoms with E-state index in [4.69, 9.17) is 16.6 Å². The number of nitro benzene ring substituents is 1. The number of thiocarbonyl (C=S) groups is 1. The lowest BCUT2D eigenvalue weighted by atomic mass is 10.1. The Bertz CT molecular complexity index is 1350. The fourth-order valence-corrected chi connectivity index (χ4v) is 3.39. The van der Waals surface area contributed by atoms with Crippen molar-refractivity contribution in [3.05, 3.63) is 81.9 Å². The third kappa shape index (κ3) is 4.12. The highest BCUT2D eigenvalue weighted by Crippen LogP contribution is 2.33. The number of fused-ring (bicyclic) bond motifs is 1. The Morgan fingerprint density at radius 2 is 1.94 bits per heavy atom.